The normalized spacial score (nSPS) is 16.9. The molecule has 1 unspecified atom stereocenters. The maximum atomic E-state index is 11.3. The number of hydrogen-bond acceptors (Lipinski definition) is 6. The topological polar surface area (TPSA) is 108 Å². The van der Waals surface area contributed by atoms with E-state index in [1.165, 1.54) is 0 Å². The van der Waals surface area contributed by atoms with Gasteiger partial charge in [-0.1, -0.05) is 18.2 Å². The Kier molecular flexibility index (Phi) is 6.41. The van der Waals surface area contributed by atoms with E-state index < -0.39 is 6.09 Å². The van der Waals surface area contributed by atoms with Crippen LogP contribution >= 0.6 is 0 Å². The average molecular weight is 437 g/mol. The molecular formula is C24H28N4O4. The summed E-state index contributed by atoms with van der Waals surface area (Å²) in [6.45, 7) is 3.95. The molecule has 32 heavy (non-hydrogen) atoms. The van der Waals surface area contributed by atoms with Crippen LogP contribution in [0.3, 0.4) is 0 Å². The maximum absolute atomic E-state index is 11.3. The fourth-order valence-corrected chi connectivity index (χ4v) is 4.38. The van der Waals surface area contributed by atoms with Gasteiger partial charge < -0.3 is 25.2 Å². The number of carboxylic acid groups (broad SMARTS) is 1. The molecule has 2 atom stereocenters. The lowest BCUT2D eigenvalue weighted by molar-refractivity contribution is 0.159. The van der Waals surface area contributed by atoms with Crippen molar-refractivity contribution in [2.45, 2.75) is 25.8 Å². The van der Waals surface area contributed by atoms with Gasteiger partial charge in [0.15, 0.2) is 5.82 Å². The molecule has 1 amide bonds. The first-order valence-electron chi connectivity index (χ1n) is 10.8. The van der Waals surface area contributed by atoms with E-state index in [1.54, 1.807) is 25.3 Å². The molecule has 1 aliphatic heterocycles. The van der Waals surface area contributed by atoms with Gasteiger partial charge in [0.25, 0.3) is 0 Å². The SMILES string of the molecule is COCCC(NC(=O)O)[C@H]1CCN(c2nc(-c3ccccc3O)nc3cc(C)ccc23)C1. The molecule has 3 N–H and O–H groups in total. The van der Waals surface area contributed by atoms with Gasteiger partial charge in [0, 0.05) is 38.2 Å². The molecular weight excluding hydrogens is 408 g/mol. The number of benzene rings is 2. The number of carbonyl (C=O) groups is 1. The van der Waals surface area contributed by atoms with Crippen molar-refractivity contribution in [3.05, 3.63) is 48.0 Å². The van der Waals surface area contributed by atoms with E-state index in [9.17, 15) is 15.0 Å². The lowest BCUT2D eigenvalue weighted by Crippen LogP contribution is -2.41. The summed E-state index contributed by atoms with van der Waals surface area (Å²) in [4.78, 5) is 23.1. The van der Waals surface area contributed by atoms with E-state index in [4.69, 9.17) is 14.7 Å². The molecule has 0 saturated carbocycles. The Morgan fingerprint density at radius 3 is 2.84 bits per heavy atom. The van der Waals surface area contributed by atoms with E-state index in [0.29, 0.717) is 31.0 Å². The van der Waals surface area contributed by atoms with E-state index in [0.717, 1.165) is 35.2 Å². The minimum absolute atomic E-state index is 0.134. The first kappa shape index (κ1) is 21.8. The molecule has 1 fully saturated rings. The van der Waals surface area contributed by atoms with Gasteiger partial charge in [0.2, 0.25) is 0 Å². The maximum Gasteiger partial charge on any atom is 0.404 e. The van der Waals surface area contributed by atoms with Crippen molar-refractivity contribution in [2.24, 2.45) is 5.92 Å². The number of aryl methyl sites for hydroxylation is 1. The number of amides is 1. The minimum atomic E-state index is -1.02. The van der Waals surface area contributed by atoms with Gasteiger partial charge in [-0.15, -0.1) is 0 Å². The van der Waals surface area contributed by atoms with Crippen LogP contribution in [-0.4, -0.2) is 59.1 Å². The van der Waals surface area contributed by atoms with Gasteiger partial charge in [0.1, 0.15) is 11.6 Å². The number of para-hydroxylation sites is 1. The second-order valence-electron chi connectivity index (χ2n) is 8.24. The van der Waals surface area contributed by atoms with Crippen molar-refractivity contribution in [3.63, 3.8) is 0 Å². The second kappa shape index (κ2) is 9.40. The van der Waals surface area contributed by atoms with Crippen molar-refractivity contribution < 1.29 is 19.7 Å². The average Bonchev–Trinajstić information content (AvgIpc) is 3.25. The third kappa shape index (κ3) is 4.60. The molecule has 8 heteroatoms. The van der Waals surface area contributed by atoms with Crippen LogP contribution in [-0.2, 0) is 4.74 Å². The number of nitrogens with zero attached hydrogens (tertiary/aromatic N) is 3. The third-order valence-corrected chi connectivity index (χ3v) is 6.01. The van der Waals surface area contributed by atoms with Crippen LogP contribution in [0.5, 0.6) is 5.75 Å². The molecule has 168 valence electrons. The first-order valence-corrected chi connectivity index (χ1v) is 10.8. The molecule has 4 rings (SSSR count). The molecule has 0 radical (unpaired) electrons. The number of methoxy groups -OCH3 is 1. The molecule has 2 heterocycles. The molecule has 1 aromatic heterocycles. The van der Waals surface area contributed by atoms with E-state index in [2.05, 4.69) is 10.2 Å². The molecule has 2 aromatic carbocycles. The molecule has 0 bridgehead atoms. The standard InChI is InChI=1S/C24H28N4O4/c1-15-7-8-17-20(13-15)25-22(18-5-3-4-6-21(18)29)27-23(17)28-11-9-16(14-28)19(10-12-32-2)26-24(30)31/h3-8,13,16,19,26,29H,9-12,14H2,1-2H3,(H,30,31)/t16-,19?/m0/s1. The number of phenols is 1. The second-order valence-corrected chi connectivity index (χ2v) is 8.24. The number of rotatable bonds is 7. The van der Waals surface area contributed by atoms with Gasteiger partial charge >= 0.3 is 6.09 Å². The van der Waals surface area contributed by atoms with Gasteiger partial charge in [-0.3, -0.25) is 0 Å². The fraction of sp³-hybridized carbons (Fsp3) is 0.375. The van der Waals surface area contributed by atoms with Gasteiger partial charge in [0.05, 0.1) is 11.1 Å². The summed E-state index contributed by atoms with van der Waals surface area (Å²) in [6, 6.07) is 12.9. The Morgan fingerprint density at radius 1 is 1.28 bits per heavy atom. The van der Waals surface area contributed by atoms with Crippen LogP contribution in [0.2, 0.25) is 0 Å². The zero-order valence-electron chi connectivity index (χ0n) is 18.3. The fourth-order valence-electron chi connectivity index (χ4n) is 4.38. The smallest absolute Gasteiger partial charge is 0.404 e. The zero-order chi connectivity index (χ0) is 22.7. The van der Waals surface area contributed by atoms with E-state index >= 15 is 0 Å². The summed E-state index contributed by atoms with van der Waals surface area (Å²) in [5.74, 6) is 1.55. The Labute approximate surface area is 186 Å². The summed E-state index contributed by atoms with van der Waals surface area (Å²) in [7, 11) is 1.62. The Morgan fingerprint density at radius 2 is 2.09 bits per heavy atom. The summed E-state index contributed by atoms with van der Waals surface area (Å²) >= 11 is 0. The molecule has 1 saturated heterocycles. The lowest BCUT2D eigenvalue weighted by atomic mass is 9.96. The first-order chi connectivity index (χ1) is 15.5. The largest absolute Gasteiger partial charge is 0.507 e. The van der Waals surface area contributed by atoms with Crippen molar-refractivity contribution in [3.8, 4) is 17.1 Å². The molecule has 0 aliphatic carbocycles. The summed E-state index contributed by atoms with van der Waals surface area (Å²) in [5, 5.41) is 23.2. The van der Waals surface area contributed by atoms with E-state index in [1.807, 2.05) is 31.2 Å². The molecule has 1 aliphatic rings. The van der Waals surface area contributed by atoms with Gasteiger partial charge in [-0.2, -0.15) is 0 Å². The highest BCUT2D eigenvalue weighted by Crippen LogP contribution is 2.34. The molecule has 3 aromatic rings. The van der Waals surface area contributed by atoms with Crippen LogP contribution in [0, 0.1) is 12.8 Å². The van der Waals surface area contributed by atoms with Crippen LogP contribution in [0.25, 0.3) is 22.3 Å². The third-order valence-electron chi connectivity index (χ3n) is 6.01. The number of aromatic hydroxyl groups is 1. The van der Waals surface area contributed by atoms with E-state index in [-0.39, 0.29) is 17.7 Å². The molecule has 8 nitrogen and oxygen atoms in total. The number of fused-ring (bicyclic) bond motifs is 1. The summed E-state index contributed by atoms with van der Waals surface area (Å²) < 4.78 is 5.18. The number of phenolic OH excluding ortho intramolecular Hbond substituents is 1. The lowest BCUT2D eigenvalue weighted by Gasteiger charge is -2.25. The Hall–Kier alpha value is -3.39. The number of nitrogens with one attached hydrogen (secondary N) is 1. The number of hydrogen-bond donors (Lipinski definition) is 3. The zero-order valence-corrected chi connectivity index (χ0v) is 18.3. The Balaban J connectivity index is 1.70. The van der Waals surface area contributed by atoms with Crippen molar-refractivity contribution in [1.82, 2.24) is 15.3 Å². The predicted molar refractivity (Wildman–Crippen MR) is 123 cm³/mol. The Bertz CT molecular complexity index is 1120. The highest BCUT2D eigenvalue weighted by molar-refractivity contribution is 5.92. The van der Waals surface area contributed by atoms with Crippen molar-refractivity contribution >= 4 is 22.8 Å². The van der Waals surface area contributed by atoms with Crippen LogP contribution in [0.4, 0.5) is 10.6 Å². The van der Waals surface area contributed by atoms with Crippen LogP contribution in [0.1, 0.15) is 18.4 Å². The highest BCUT2D eigenvalue weighted by Gasteiger charge is 2.32. The van der Waals surface area contributed by atoms with Crippen LogP contribution in [0.15, 0.2) is 42.5 Å². The number of aromatic nitrogens is 2. The highest BCUT2D eigenvalue weighted by atomic mass is 16.5. The van der Waals surface area contributed by atoms with Crippen LogP contribution < -0.4 is 10.2 Å². The van der Waals surface area contributed by atoms with Crippen molar-refractivity contribution in [2.75, 3.05) is 31.7 Å². The minimum Gasteiger partial charge on any atom is -0.507 e. The summed E-state index contributed by atoms with van der Waals surface area (Å²) in [5.41, 5.74) is 2.49. The number of anilines is 1. The predicted octanol–water partition coefficient (Wildman–Crippen LogP) is 3.81. The summed E-state index contributed by atoms with van der Waals surface area (Å²) in [6.07, 6.45) is 0.445. The molecule has 0 spiro atoms. The van der Waals surface area contributed by atoms with Gasteiger partial charge in [-0.25, -0.2) is 14.8 Å². The monoisotopic (exact) mass is 436 g/mol. The quantitative estimate of drug-likeness (QED) is 0.517. The van der Waals surface area contributed by atoms with Gasteiger partial charge in [-0.05, 0) is 55.5 Å². The van der Waals surface area contributed by atoms with Crippen molar-refractivity contribution in [1.29, 1.82) is 0 Å². The number of ether oxygens (including phenoxy) is 1.